The third kappa shape index (κ3) is 2.99. The Morgan fingerprint density at radius 1 is 1.36 bits per heavy atom. The van der Waals surface area contributed by atoms with Crippen LogP contribution >= 0.6 is 11.3 Å². The Morgan fingerprint density at radius 2 is 2.09 bits per heavy atom. The fourth-order valence-electron chi connectivity index (χ4n) is 2.66. The molecular weight excluding hydrogens is 300 g/mol. The number of carbonyl (C=O) groups excluding carboxylic acids is 1. The lowest BCUT2D eigenvalue weighted by Crippen LogP contribution is -2.46. The molecule has 2 aromatic rings. The summed E-state index contributed by atoms with van der Waals surface area (Å²) in [7, 11) is 0. The standard InChI is InChI=1S/C16H20N2O3S/c1-9(10-5-4-6-10)17-15(21)13(19)14(20)16-18-11-7-2-3-8-12(11)22-16/h2-3,7-10,13-14,19-20H,4-6H2,1H3,(H,17,21)/t9-,13+,14-/m0/s1. The summed E-state index contributed by atoms with van der Waals surface area (Å²) >= 11 is 1.29. The minimum Gasteiger partial charge on any atom is -0.383 e. The van der Waals surface area contributed by atoms with Crippen molar-refractivity contribution in [1.82, 2.24) is 10.3 Å². The van der Waals surface area contributed by atoms with Gasteiger partial charge in [-0.3, -0.25) is 4.79 Å². The summed E-state index contributed by atoms with van der Waals surface area (Å²) in [5, 5.41) is 23.5. The number of rotatable bonds is 5. The van der Waals surface area contributed by atoms with E-state index < -0.39 is 18.1 Å². The maximum Gasteiger partial charge on any atom is 0.252 e. The van der Waals surface area contributed by atoms with Crippen molar-refractivity contribution in [2.75, 3.05) is 0 Å². The van der Waals surface area contributed by atoms with Crippen molar-refractivity contribution in [3.63, 3.8) is 0 Å². The molecule has 3 rings (SSSR count). The number of benzene rings is 1. The number of hydrogen-bond donors (Lipinski definition) is 3. The SMILES string of the molecule is C[C@H](NC(=O)[C@H](O)[C@H](O)c1nc2ccccc2s1)C1CCC1. The summed E-state index contributed by atoms with van der Waals surface area (Å²) in [5.41, 5.74) is 0.761. The smallest absolute Gasteiger partial charge is 0.252 e. The van der Waals surface area contributed by atoms with Gasteiger partial charge in [0.05, 0.1) is 10.2 Å². The number of fused-ring (bicyclic) bond motifs is 1. The summed E-state index contributed by atoms with van der Waals surface area (Å²) in [6.45, 7) is 1.94. The summed E-state index contributed by atoms with van der Waals surface area (Å²) < 4.78 is 0.923. The predicted octanol–water partition coefficient (Wildman–Crippen LogP) is 2.00. The van der Waals surface area contributed by atoms with E-state index in [4.69, 9.17) is 0 Å². The highest BCUT2D eigenvalue weighted by Crippen LogP contribution is 2.30. The molecule has 0 unspecified atom stereocenters. The van der Waals surface area contributed by atoms with Gasteiger partial charge in [-0.15, -0.1) is 11.3 Å². The number of carbonyl (C=O) groups is 1. The number of nitrogens with zero attached hydrogens (tertiary/aromatic N) is 1. The van der Waals surface area contributed by atoms with Gasteiger partial charge in [-0.25, -0.2) is 4.98 Å². The molecule has 22 heavy (non-hydrogen) atoms. The highest BCUT2D eigenvalue weighted by Gasteiger charge is 2.31. The lowest BCUT2D eigenvalue weighted by atomic mass is 9.80. The van der Waals surface area contributed by atoms with Crippen LogP contribution in [0.3, 0.4) is 0 Å². The first-order valence-electron chi connectivity index (χ1n) is 7.58. The van der Waals surface area contributed by atoms with E-state index in [2.05, 4.69) is 10.3 Å². The van der Waals surface area contributed by atoms with Crippen molar-refractivity contribution in [1.29, 1.82) is 0 Å². The van der Waals surface area contributed by atoms with Gasteiger partial charge in [0.15, 0.2) is 6.10 Å². The molecule has 3 N–H and O–H groups in total. The van der Waals surface area contributed by atoms with Crippen LogP contribution in [0.5, 0.6) is 0 Å². The second-order valence-electron chi connectivity index (χ2n) is 5.90. The van der Waals surface area contributed by atoms with Crippen LogP contribution in [-0.4, -0.2) is 33.3 Å². The summed E-state index contributed by atoms with van der Waals surface area (Å²) in [4.78, 5) is 16.4. The predicted molar refractivity (Wildman–Crippen MR) is 85.5 cm³/mol. The molecule has 1 fully saturated rings. The molecule has 1 aliphatic carbocycles. The maximum absolute atomic E-state index is 12.1. The number of thiazole rings is 1. The van der Waals surface area contributed by atoms with Crippen LogP contribution in [0, 0.1) is 5.92 Å². The zero-order valence-electron chi connectivity index (χ0n) is 12.4. The van der Waals surface area contributed by atoms with Gasteiger partial charge in [0.25, 0.3) is 5.91 Å². The van der Waals surface area contributed by atoms with Crippen molar-refractivity contribution in [3.8, 4) is 0 Å². The number of aliphatic hydroxyl groups is 2. The maximum atomic E-state index is 12.1. The Hall–Kier alpha value is -1.50. The van der Waals surface area contributed by atoms with Crippen molar-refractivity contribution >= 4 is 27.5 Å². The topological polar surface area (TPSA) is 82.5 Å². The average Bonchev–Trinajstić information content (AvgIpc) is 2.87. The van der Waals surface area contributed by atoms with Crippen LogP contribution in [0.4, 0.5) is 0 Å². The van der Waals surface area contributed by atoms with E-state index in [1.807, 2.05) is 31.2 Å². The fourth-order valence-corrected chi connectivity index (χ4v) is 3.65. The van der Waals surface area contributed by atoms with Crippen molar-refractivity contribution in [2.45, 2.75) is 44.4 Å². The summed E-state index contributed by atoms with van der Waals surface area (Å²) in [5.74, 6) is -0.0538. The van der Waals surface area contributed by atoms with Gasteiger partial charge in [-0.2, -0.15) is 0 Å². The molecule has 1 saturated carbocycles. The average molecular weight is 320 g/mol. The normalized spacial score (nSPS) is 19.4. The van der Waals surface area contributed by atoms with E-state index >= 15 is 0 Å². The molecule has 1 heterocycles. The Balaban J connectivity index is 1.67. The number of hydrogen-bond acceptors (Lipinski definition) is 5. The van der Waals surface area contributed by atoms with Gasteiger partial charge in [0.1, 0.15) is 11.1 Å². The van der Waals surface area contributed by atoms with Gasteiger partial charge < -0.3 is 15.5 Å². The zero-order valence-corrected chi connectivity index (χ0v) is 13.2. The number of aromatic nitrogens is 1. The highest BCUT2D eigenvalue weighted by molar-refractivity contribution is 7.18. The van der Waals surface area contributed by atoms with Gasteiger partial charge in [0, 0.05) is 6.04 Å². The number of amides is 1. The molecule has 1 aromatic carbocycles. The molecule has 118 valence electrons. The Kier molecular flexibility index (Phi) is 4.42. The van der Waals surface area contributed by atoms with Crippen molar-refractivity contribution < 1.29 is 15.0 Å². The first-order chi connectivity index (χ1) is 10.6. The van der Waals surface area contributed by atoms with Crippen molar-refractivity contribution in [3.05, 3.63) is 29.3 Å². The molecule has 0 bridgehead atoms. The summed E-state index contributed by atoms with van der Waals surface area (Å²) in [6.07, 6.45) is 0.617. The molecule has 1 amide bonds. The van der Waals surface area contributed by atoms with Crippen LogP contribution in [0.15, 0.2) is 24.3 Å². The van der Waals surface area contributed by atoms with Gasteiger partial charge >= 0.3 is 0 Å². The van der Waals surface area contributed by atoms with Crippen LogP contribution in [0.25, 0.3) is 10.2 Å². The Morgan fingerprint density at radius 3 is 2.73 bits per heavy atom. The lowest BCUT2D eigenvalue weighted by molar-refractivity contribution is -0.136. The highest BCUT2D eigenvalue weighted by atomic mass is 32.1. The van der Waals surface area contributed by atoms with Crippen molar-refractivity contribution in [2.24, 2.45) is 5.92 Å². The van der Waals surface area contributed by atoms with E-state index in [0.29, 0.717) is 10.9 Å². The quantitative estimate of drug-likeness (QED) is 0.787. The monoisotopic (exact) mass is 320 g/mol. The van der Waals surface area contributed by atoms with E-state index in [-0.39, 0.29) is 6.04 Å². The molecule has 3 atom stereocenters. The number of para-hydroxylation sites is 1. The van der Waals surface area contributed by atoms with Gasteiger partial charge in [-0.05, 0) is 37.8 Å². The lowest BCUT2D eigenvalue weighted by Gasteiger charge is -2.32. The minimum atomic E-state index is -1.50. The van der Waals surface area contributed by atoms with Gasteiger partial charge in [-0.1, -0.05) is 18.6 Å². The van der Waals surface area contributed by atoms with Crippen LogP contribution < -0.4 is 5.32 Å². The van der Waals surface area contributed by atoms with E-state index in [1.54, 1.807) is 0 Å². The molecule has 1 aromatic heterocycles. The molecular formula is C16H20N2O3S. The molecule has 5 nitrogen and oxygen atoms in total. The van der Waals surface area contributed by atoms with Gasteiger partial charge in [0.2, 0.25) is 0 Å². The third-order valence-electron chi connectivity index (χ3n) is 4.36. The Labute approximate surface area is 133 Å². The van der Waals surface area contributed by atoms with E-state index in [1.165, 1.54) is 17.8 Å². The molecule has 1 aliphatic rings. The fraction of sp³-hybridized carbons (Fsp3) is 0.500. The van der Waals surface area contributed by atoms with Crippen LogP contribution in [-0.2, 0) is 4.79 Å². The first kappa shape index (κ1) is 15.4. The Bertz CT molecular complexity index is 635. The molecule has 0 saturated heterocycles. The number of aliphatic hydroxyl groups excluding tert-OH is 2. The van der Waals surface area contributed by atoms with Crippen LogP contribution in [0.1, 0.15) is 37.3 Å². The number of nitrogens with one attached hydrogen (secondary N) is 1. The van der Waals surface area contributed by atoms with E-state index in [9.17, 15) is 15.0 Å². The molecule has 0 aliphatic heterocycles. The van der Waals surface area contributed by atoms with E-state index in [0.717, 1.165) is 23.1 Å². The first-order valence-corrected chi connectivity index (χ1v) is 8.40. The second kappa shape index (κ2) is 6.32. The third-order valence-corrected chi connectivity index (χ3v) is 5.47. The minimum absolute atomic E-state index is 0.0264. The zero-order chi connectivity index (χ0) is 15.7. The molecule has 6 heteroatoms. The van der Waals surface area contributed by atoms with Crippen LogP contribution in [0.2, 0.25) is 0 Å². The molecule has 0 radical (unpaired) electrons. The largest absolute Gasteiger partial charge is 0.383 e. The summed E-state index contributed by atoms with van der Waals surface area (Å²) in [6, 6.07) is 7.52. The molecule has 0 spiro atoms. The second-order valence-corrected chi connectivity index (χ2v) is 6.96.